The molecule has 0 atom stereocenters. The number of benzene rings is 1. The van der Waals surface area contributed by atoms with Gasteiger partial charge in [0.05, 0.1) is 0 Å². The average Bonchev–Trinajstić information content (AvgIpc) is 2.71. The van der Waals surface area contributed by atoms with Crippen LogP contribution in [0.4, 0.5) is 11.4 Å². The van der Waals surface area contributed by atoms with E-state index in [1.165, 1.54) is 36.9 Å². The lowest BCUT2D eigenvalue weighted by molar-refractivity contribution is -0.120. The van der Waals surface area contributed by atoms with E-state index in [0.717, 1.165) is 31.5 Å². The van der Waals surface area contributed by atoms with E-state index >= 15 is 0 Å². The van der Waals surface area contributed by atoms with Crippen molar-refractivity contribution in [1.29, 1.82) is 0 Å². The van der Waals surface area contributed by atoms with Gasteiger partial charge in [0.15, 0.2) is 0 Å². The second-order valence-corrected chi connectivity index (χ2v) is 5.73. The Bertz CT molecular complexity index is 462. The minimum atomic E-state index is 0.216. The van der Waals surface area contributed by atoms with E-state index in [-0.39, 0.29) is 11.8 Å². The van der Waals surface area contributed by atoms with E-state index in [1.54, 1.807) is 0 Å². The summed E-state index contributed by atoms with van der Waals surface area (Å²) in [4.78, 5) is 12.3. The average molecular weight is 258 g/mol. The quantitative estimate of drug-likeness (QED) is 0.796. The minimum Gasteiger partial charge on any atom is -0.384 e. The first-order valence-corrected chi connectivity index (χ1v) is 7.50. The molecule has 0 bridgehead atoms. The first-order chi connectivity index (χ1) is 9.33. The van der Waals surface area contributed by atoms with Crippen molar-refractivity contribution in [2.24, 2.45) is 5.92 Å². The SMILES string of the molecule is O=C(Nc1ccc2c(c1)CCN2)C1CCCCCC1. The van der Waals surface area contributed by atoms with Gasteiger partial charge in [-0.25, -0.2) is 0 Å². The van der Waals surface area contributed by atoms with Gasteiger partial charge in [0.1, 0.15) is 0 Å². The number of nitrogens with one attached hydrogen (secondary N) is 2. The Labute approximate surface area is 114 Å². The molecule has 3 nitrogen and oxygen atoms in total. The van der Waals surface area contributed by atoms with Gasteiger partial charge < -0.3 is 10.6 Å². The molecular weight excluding hydrogens is 236 g/mol. The fraction of sp³-hybridized carbons (Fsp3) is 0.562. The molecule has 102 valence electrons. The number of amides is 1. The van der Waals surface area contributed by atoms with Gasteiger partial charge in [0.25, 0.3) is 0 Å². The van der Waals surface area contributed by atoms with Crippen molar-refractivity contribution in [2.75, 3.05) is 17.2 Å². The predicted octanol–water partition coefficient (Wildman–Crippen LogP) is 3.56. The monoisotopic (exact) mass is 258 g/mol. The molecule has 0 spiro atoms. The van der Waals surface area contributed by atoms with Crippen LogP contribution in [-0.4, -0.2) is 12.5 Å². The number of hydrogen-bond acceptors (Lipinski definition) is 2. The van der Waals surface area contributed by atoms with Crippen LogP contribution in [0.5, 0.6) is 0 Å². The highest BCUT2D eigenvalue weighted by molar-refractivity contribution is 5.93. The molecule has 19 heavy (non-hydrogen) atoms. The number of anilines is 2. The summed E-state index contributed by atoms with van der Waals surface area (Å²) in [5.74, 6) is 0.432. The van der Waals surface area contributed by atoms with Crippen LogP contribution < -0.4 is 10.6 Å². The normalized spacial score (nSPS) is 19.4. The summed E-state index contributed by atoms with van der Waals surface area (Å²) in [7, 11) is 0. The van der Waals surface area contributed by atoms with E-state index in [1.807, 2.05) is 6.07 Å². The summed E-state index contributed by atoms with van der Waals surface area (Å²) in [5.41, 5.74) is 3.49. The van der Waals surface area contributed by atoms with Gasteiger partial charge >= 0.3 is 0 Å². The molecule has 0 saturated heterocycles. The summed E-state index contributed by atoms with van der Waals surface area (Å²) < 4.78 is 0. The van der Waals surface area contributed by atoms with Crippen LogP contribution in [0, 0.1) is 5.92 Å². The summed E-state index contributed by atoms with van der Waals surface area (Å²) in [6, 6.07) is 6.20. The number of carbonyl (C=O) groups is 1. The molecular formula is C16H22N2O. The zero-order valence-electron chi connectivity index (χ0n) is 11.4. The maximum atomic E-state index is 12.3. The van der Waals surface area contributed by atoms with Crippen molar-refractivity contribution in [2.45, 2.75) is 44.9 Å². The van der Waals surface area contributed by atoms with Crippen LogP contribution in [0.1, 0.15) is 44.1 Å². The van der Waals surface area contributed by atoms with Crippen LogP contribution in [-0.2, 0) is 11.2 Å². The van der Waals surface area contributed by atoms with E-state index < -0.39 is 0 Å². The van der Waals surface area contributed by atoms with Gasteiger partial charge in [-0.3, -0.25) is 4.79 Å². The Kier molecular flexibility index (Phi) is 3.72. The lowest BCUT2D eigenvalue weighted by atomic mass is 9.99. The Morgan fingerprint density at radius 3 is 2.74 bits per heavy atom. The molecule has 1 fully saturated rings. The van der Waals surface area contributed by atoms with Gasteiger partial charge in [-0.2, -0.15) is 0 Å². The first kappa shape index (κ1) is 12.5. The third kappa shape index (κ3) is 2.91. The maximum Gasteiger partial charge on any atom is 0.227 e. The molecule has 1 aromatic carbocycles. The van der Waals surface area contributed by atoms with E-state index in [2.05, 4.69) is 22.8 Å². The smallest absolute Gasteiger partial charge is 0.227 e. The van der Waals surface area contributed by atoms with Crippen molar-refractivity contribution in [3.8, 4) is 0 Å². The molecule has 2 aliphatic rings. The summed E-state index contributed by atoms with van der Waals surface area (Å²) in [6.07, 6.45) is 8.14. The van der Waals surface area contributed by atoms with Gasteiger partial charge in [-0.05, 0) is 43.0 Å². The molecule has 0 unspecified atom stereocenters. The Hall–Kier alpha value is -1.51. The number of carbonyl (C=O) groups excluding carboxylic acids is 1. The second kappa shape index (κ2) is 5.64. The molecule has 0 radical (unpaired) electrons. The Balaban J connectivity index is 1.65. The molecule has 1 aliphatic heterocycles. The van der Waals surface area contributed by atoms with Crippen LogP contribution in [0.15, 0.2) is 18.2 Å². The van der Waals surface area contributed by atoms with E-state index in [4.69, 9.17) is 0 Å². The van der Waals surface area contributed by atoms with Crippen molar-refractivity contribution >= 4 is 17.3 Å². The highest BCUT2D eigenvalue weighted by atomic mass is 16.1. The van der Waals surface area contributed by atoms with E-state index in [0.29, 0.717) is 0 Å². The standard InChI is InChI=1S/C16H22N2O/c19-16(12-5-3-1-2-4-6-12)18-14-7-8-15-13(11-14)9-10-17-15/h7-8,11-12,17H,1-6,9-10H2,(H,18,19). The molecule has 1 saturated carbocycles. The Morgan fingerprint density at radius 2 is 1.95 bits per heavy atom. The number of fused-ring (bicyclic) bond motifs is 1. The van der Waals surface area contributed by atoms with Crippen LogP contribution in [0.3, 0.4) is 0 Å². The maximum absolute atomic E-state index is 12.3. The first-order valence-electron chi connectivity index (χ1n) is 7.50. The van der Waals surface area contributed by atoms with E-state index in [9.17, 15) is 4.79 Å². The van der Waals surface area contributed by atoms with Crippen molar-refractivity contribution in [3.05, 3.63) is 23.8 Å². The molecule has 1 amide bonds. The largest absolute Gasteiger partial charge is 0.384 e. The van der Waals surface area contributed by atoms with Gasteiger partial charge in [0, 0.05) is 23.8 Å². The highest BCUT2D eigenvalue weighted by Gasteiger charge is 2.20. The molecule has 3 rings (SSSR count). The topological polar surface area (TPSA) is 41.1 Å². The predicted molar refractivity (Wildman–Crippen MR) is 78.5 cm³/mol. The van der Waals surface area contributed by atoms with Crippen LogP contribution in [0.2, 0.25) is 0 Å². The second-order valence-electron chi connectivity index (χ2n) is 5.73. The number of hydrogen-bond donors (Lipinski definition) is 2. The molecule has 1 aliphatic carbocycles. The van der Waals surface area contributed by atoms with Gasteiger partial charge in [-0.1, -0.05) is 25.7 Å². The van der Waals surface area contributed by atoms with Crippen molar-refractivity contribution in [1.82, 2.24) is 0 Å². The Morgan fingerprint density at radius 1 is 1.16 bits per heavy atom. The summed E-state index contributed by atoms with van der Waals surface area (Å²) >= 11 is 0. The molecule has 2 N–H and O–H groups in total. The van der Waals surface area contributed by atoms with Crippen LogP contribution in [0.25, 0.3) is 0 Å². The molecule has 0 aromatic heterocycles. The van der Waals surface area contributed by atoms with Gasteiger partial charge in [-0.15, -0.1) is 0 Å². The fourth-order valence-electron chi connectivity index (χ4n) is 3.17. The zero-order chi connectivity index (χ0) is 13.1. The lowest BCUT2D eigenvalue weighted by Crippen LogP contribution is -2.22. The van der Waals surface area contributed by atoms with Crippen molar-refractivity contribution in [3.63, 3.8) is 0 Å². The molecule has 1 aromatic rings. The third-order valence-electron chi connectivity index (χ3n) is 4.31. The summed E-state index contributed by atoms with van der Waals surface area (Å²) in [5, 5.41) is 6.44. The summed E-state index contributed by atoms with van der Waals surface area (Å²) in [6.45, 7) is 1.01. The number of rotatable bonds is 2. The van der Waals surface area contributed by atoms with Crippen molar-refractivity contribution < 1.29 is 4.79 Å². The molecule has 1 heterocycles. The third-order valence-corrected chi connectivity index (χ3v) is 4.31. The zero-order valence-corrected chi connectivity index (χ0v) is 11.4. The van der Waals surface area contributed by atoms with Crippen LogP contribution >= 0.6 is 0 Å². The molecule has 3 heteroatoms. The minimum absolute atomic E-state index is 0.216. The van der Waals surface area contributed by atoms with Gasteiger partial charge in [0.2, 0.25) is 5.91 Å². The highest BCUT2D eigenvalue weighted by Crippen LogP contribution is 2.27. The lowest BCUT2D eigenvalue weighted by Gasteiger charge is -2.14. The fourth-order valence-corrected chi connectivity index (χ4v) is 3.17.